The number of aryl methyl sites for hydroxylation is 1. The van der Waals surface area contributed by atoms with Crippen LogP contribution in [0, 0.1) is 12.7 Å². The second-order valence-corrected chi connectivity index (χ2v) is 5.87. The van der Waals surface area contributed by atoms with E-state index in [1.54, 1.807) is 6.92 Å². The van der Waals surface area contributed by atoms with Crippen molar-refractivity contribution in [3.63, 3.8) is 0 Å². The minimum atomic E-state index is -0.233. The highest BCUT2D eigenvalue weighted by atomic mass is 35.5. The number of rotatable bonds is 6. The third-order valence-corrected chi connectivity index (χ3v) is 3.64. The second-order valence-electron chi connectivity index (χ2n) is 5.47. The zero-order valence-electron chi connectivity index (χ0n) is 11.7. The number of hydrogen-bond acceptors (Lipinski definition) is 1. The highest BCUT2D eigenvalue weighted by molar-refractivity contribution is 6.31. The zero-order chi connectivity index (χ0) is 13.8. The molecule has 0 unspecified atom stereocenters. The molecule has 0 spiro atoms. The van der Waals surface area contributed by atoms with Gasteiger partial charge in [0.2, 0.25) is 0 Å². The molecule has 0 heterocycles. The van der Waals surface area contributed by atoms with E-state index in [4.69, 9.17) is 11.6 Å². The molecule has 0 radical (unpaired) electrons. The molecular formula is C15H23ClFN. The van der Waals surface area contributed by atoms with Gasteiger partial charge >= 0.3 is 0 Å². The van der Waals surface area contributed by atoms with Crippen molar-refractivity contribution in [2.75, 3.05) is 13.1 Å². The van der Waals surface area contributed by atoms with E-state index in [9.17, 15) is 4.39 Å². The highest BCUT2D eigenvalue weighted by Crippen LogP contribution is 2.34. The van der Waals surface area contributed by atoms with Crippen molar-refractivity contribution in [2.24, 2.45) is 0 Å². The van der Waals surface area contributed by atoms with Crippen molar-refractivity contribution in [2.45, 2.75) is 46.0 Å². The number of benzene rings is 1. The van der Waals surface area contributed by atoms with Crippen molar-refractivity contribution < 1.29 is 4.39 Å². The molecule has 0 aliphatic carbocycles. The molecule has 1 aromatic rings. The fraction of sp³-hybridized carbons (Fsp3) is 0.600. The molecule has 1 N–H and O–H groups in total. The molecule has 0 aliphatic rings. The van der Waals surface area contributed by atoms with Crippen LogP contribution in [-0.2, 0) is 5.41 Å². The lowest BCUT2D eigenvalue weighted by Gasteiger charge is -2.27. The van der Waals surface area contributed by atoms with Crippen molar-refractivity contribution in [3.05, 3.63) is 34.1 Å². The van der Waals surface area contributed by atoms with Crippen LogP contribution >= 0.6 is 11.6 Å². The lowest BCUT2D eigenvalue weighted by molar-refractivity contribution is 0.456. The minimum absolute atomic E-state index is 0.0454. The Hall–Kier alpha value is -0.600. The van der Waals surface area contributed by atoms with E-state index in [2.05, 4.69) is 26.1 Å². The normalized spacial score (nSPS) is 11.9. The summed E-state index contributed by atoms with van der Waals surface area (Å²) in [7, 11) is 0. The SMILES string of the molecule is CCCNCCC(C)(C)c1cc(C)c(F)cc1Cl. The number of nitrogens with one attached hydrogen (secondary N) is 1. The van der Waals surface area contributed by atoms with Gasteiger partial charge in [-0.15, -0.1) is 0 Å². The molecule has 0 fully saturated rings. The first-order valence-corrected chi connectivity index (χ1v) is 6.93. The van der Waals surface area contributed by atoms with Gasteiger partial charge in [0.15, 0.2) is 0 Å². The van der Waals surface area contributed by atoms with Gasteiger partial charge in [-0.2, -0.15) is 0 Å². The van der Waals surface area contributed by atoms with Crippen LogP contribution in [0.15, 0.2) is 12.1 Å². The maximum atomic E-state index is 13.4. The zero-order valence-corrected chi connectivity index (χ0v) is 12.5. The quantitative estimate of drug-likeness (QED) is 0.754. The molecule has 0 saturated heterocycles. The summed E-state index contributed by atoms with van der Waals surface area (Å²) in [6.07, 6.45) is 2.12. The molecule has 0 saturated carbocycles. The molecule has 1 nitrogen and oxygen atoms in total. The first-order valence-electron chi connectivity index (χ1n) is 6.55. The maximum absolute atomic E-state index is 13.4. The van der Waals surface area contributed by atoms with Crippen LogP contribution < -0.4 is 5.32 Å². The largest absolute Gasteiger partial charge is 0.317 e. The molecular weight excluding hydrogens is 249 g/mol. The summed E-state index contributed by atoms with van der Waals surface area (Å²) in [6.45, 7) is 10.2. The first-order chi connectivity index (χ1) is 8.38. The molecule has 102 valence electrons. The van der Waals surface area contributed by atoms with E-state index in [0.29, 0.717) is 10.6 Å². The Morgan fingerprint density at radius 2 is 1.94 bits per heavy atom. The van der Waals surface area contributed by atoms with Gasteiger partial charge in [0.25, 0.3) is 0 Å². The Bertz CT molecular complexity index is 402. The van der Waals surface area contributed by atoms with Crippen LogP contribution in [0.4, 0.5) is 4.39 Å². The average molecular weight is 272 g/mol. The summed E-state index contributed by atoms with van der Waals surface area (Å²) in [6, 6.07) is 3.30. The van der Waals surface area contributed by atoms with Gasteiger partial charge < -0.3 is 5.32 Å². The van der Waals surface area contributed by atoms with E-state index in [0.717, 1.165) is 31.5 Å². The molecule has 18 heavy (non-hydrogen) atoms. The Morgan fingerprint density at radius 3 is 2.56 bits per heavy atom. The molecule has 0 amide bonds. The van der Waals surface area contributed by atoms with Crippen molar-refractivity contribution in [1.29, 1.82) is 0 Å². The third kappa shape index (κ3) is 3.96. The highest BCUT2D eigenvalue weighted by Gasteiger charge is 2.23. The molecule has 0 bridgehead atoms. The topological polar surface area (TPSA) is 12.0 Å². The van der Waals surface area contributed by atoms with Crippen LogP contribution in [-0.4, -0.2) is 13.1 Å². The molecule has 0 aliphatic heterocycles. The lowest BCUT2D eigenvalue weighted by atomic mass is 9.81. The molecule has 1 aromatic carbocycles. The Kier molecular flexibility index (Phi) is 5.61. The van der Waals surface area contributed by atoms with Crippen LogP contribution in [0.25, 0.3) is 0 Å². The summed E-state index contributed by atoms with van der Waals surface area (Å²) < 4.78 is 13.4. The number of halogens is 2. The average Bonchev–Trinajstić information content (AvgIpc) is 2.29. The minimum Gasteiger partial charge on any atom is -0.317 e. The summed E-state index contributed by atoms with van der Waals surface area (Å²) in [5.41, 5.74) is 1.64. The Labute approximate surface area is 115 Å². The van der Waals surface area contributed by atoms with Gasteiger partial charge in [-0.1, -0.05) is 38.4 Å². The van der Waals surface area contributed by atoms with Gasteiger partial charge in [0, 0.05) is 5.02 Å². The summed E-state index contributed by atoms with van der Waals surface area (Å²) in [4.78, 5) is 0. The van der Waals surface area contributed by atoms with Gasteiger partial charge in [0.1, 0.15) is 5.82 Å². The van der Waals surface area contributed by atoms with Crippen LogP contribution in [0.3, 0.4) is 0 Å². The van der Waals surface area contributed by atoms with E-state index < -0.39 is 0 Å². The van der Waals surface area contributed by atoms with E-state index in [1.165, 1.54) is 6.07 Å². The summed E-state index contributed by atoms with van der Waals surface area (Å²) >= 11 is 6.17. The maximum Gasteiger partial charge on any atom is 0.127 e. The van der Waals surface area contributed by atoms with Crippen LogP contribution in [0.2, 0.25) is 5.02 Å². The van der Waals surface area contributed by atoms with E-state index >= 15 is 0 Å². The van der Waals surface area contributed by atoms with E-state index in [1.807, 2.05) is 6.07 Å². The number of hydrogen-bond donors (Lipinski definition) is 1. The van der Waals surface area contributed by atoms with Crippen molar-refractivity contribution in [3.8, 4) is 0 Å². The van der Waals surface area contributed by atoms with Gasteiger partial charge in [-0.3, -0.25) is 0 Å². The fourth-order valence-electron chi connectivity index (χ4n) is 2.01. The predicted octanol–water partition coefficient (Wildman–Crippen LogP) is 4.45. The summed E-state index contributed by atoms with van der Waals surface area (Å²) in [5.74, 6) is -0.233. The standard InChI is InChI=1S/C15H23ClFN/c1-5-7-18-8-6-15(3,4)12-9-11(2)14(17)10-13(12)16/h9-10,18H,5-8H2,1-4H3. The smallest absolute Gasteiger partial charge is 0.127 e. The molecule has 0 aromatic heterocycles. The van der Waals surface area contributed by atoms with Crippen LogP contribution in [0.5, 0.6) is 0 Å². The predicted molar refractivity (Wildman–Crippen MR) is 77.0 cm³/mol. The van der Waals surface area contributed by atoms with Gasteiger partial charge in [0.05, 0.1) is 0 Å². The van der Waals surface area contributed by atoms with Crippen molar-refractivity contribution in [1.82, 2.24) is 5.32 Å². The first kappa shape index (κ1) is 15.5. The van der Waals surface area contributed by atoms with E-state index in [-0.39, 0.29) is 11.2 Å². The van der Waals surface area contributed by atoms with Crippen LogP contribution in [0.1, 0.15) is 44.7 Å². The molecule has 3 heteroatoms. The second kappa shape index (κ2) is 6.53. The molecule has 1 rings (SSSR count). The lowest BCUT2D eigenvalue weighted by Crippen LogP contribution is -2.26. The Morgan fingerprint density at radius 1 is 1.28 bits per heavy atom. The van der Waals surface area contributed by atoms with Gasteiger partial charge in [-0.05, 0) is 55.5 Å². The van der Waals surface area contributed by atoms with Gasteiger partial charge in [-0.25, -0.2) is 4.39 Å². The van der Waals surface area contributed by atoms with Crippen molar-refractivity contribution >= 4 is 11.6 Å². The molecule has 0 atom stereocenters. The monoisotopic (exact) mass is 271 g/mol. The Balaban J connectivity index is 2.80. The third-order valence-electron chi connectivity index (χ3n) is 3.33. The summed E-state index contributed by atoms with van der Waals surface area (Å²) in [5, 5.41) is 3.92. The fourth-order valence-corrected chi connectivity index (χ4v) is 2.42.